The number of thiophene rings is 1. The Kier molecular flexibility index (Phi) is 5.20. The summed E-state index contributed by atoms with van der Waals surface area (Å²) in [4.78, 5) is 12.9. The summed E-state index contributed by atoms with van der Waals surface area (Å²) >= 11 is 1.27. The van der Waals surface area contributed by atoms with Gasteiger partial charge < -0.3 is 10.1 Å². The Labute approximate surface area is 128 Å². The van der Waals surface area contributed by atoms with Gasteiger partial charge in [0.05, 0.1) is 12.7 Å². The van der Waals surface area contributed by atoms with Crippen molar-refractivity contribution in [2.45, 2.75) is 26.3 Å². The molecule has 1 aromatic heterocycles. The normalized spacial score (nSPS) is 14.6. The minimum absolute atomic E-state index is 0.319. The van der Waals surface area contributed by atoms with E-state index in [-0.39, 0.29) is 0 Å². The summed E-state index contributed by atoms with van der Waals surface area (Å²) in [6.07, 6.45) is 1.37. The lowest BCUT2D eigenvalue weighted by atomic mass is 10.0. The van der Waals surface area contributed by atoms with E-state index in [1.165, 1.54) is 18.4 Å². The fourth-order valence-electron chi connectivity index (χ4n) is 2.12. The quantitative estimate of drug-likeness (QED) is 0.670. The molecule has 2 rings (SSSR count). The van der Waals surface area contributed by atoms with Crippen molar-refractivity contribution >= 4 is 32.5 Å². The van der Waals surface area contributed by atoms with Gasteiger partial charge in [-0.15, -0.1) is 11.3 Å². The first kappa shape index (κ1) is 16.2. The molecule has 0 unspecified atom stereocenters. The van der Waals surface area contributed by atoms with Crippen molar-refractivity contribution in [2.24, 2.45) is 0 Å². The lowest BCUT2D eigenvalue weighted by Crippen LogP contribution is -2.31. The van der Waals surface area contributed by atoms with Gasteiger partial charge >= 0.3 is 5.97 Å². The first-order chi connectivity index (χ1) is 9.98. The first-order valence-electron chi connectivity index (χ1n) is 6.69. The van der Waals surface area contributed by atoms with Crippen LogP contribution < -0.4 is 14.8 Å². The highest BCUT2D eigenvalue weighted by atomic mass is 32.2. The summed E-state index contributed by atoms with van der Waals surface area (Å²) in [5.41, 5.74) is 1.21. The molecule has 1 aliphatic rings. The van der Waals surface area contributed by atoms with Gasteiger partial charge in [0, 0.05) is 18.0 Å². The van der Waals surface area contributed by atoms with Crippen LogP contribution in [0.15, 0.2) is 0 Å². The van der Waals surface area contributed by atoms with Crippen LogP contribution in [0.1, 0.15) is 34.1 Å². The van der Waals surface area contributed by atoms with Gasteiger partial charge in [-0.05, 0) is 24.9 Å². The van der Waals surface area contributed by atoms with Crippen molar-refractivity contribution in [3.63, 3.8) is 0 Å². The molecule has 0 bridgehead atoms. The first-order valence-corrected chi connectivity index (χ1v) is 8.99. The summed E-state index contributed by atoms with van der Waals surface area (Å²) in [5.74, 6) is -0.511. The topological polar surface area (TPSA) is 96.5 Å². The summed E-state index contributed by atoms with van der Waals surface area (Å²) in [6, 6.07) is 0. The van der Waals surface area contributed by atoms with Crippen LogP contribution in [0.2, 0.25) is 0 Å². The Bertz CT molecular complexity index is 625. The number of hydrogen-bond acceptors (Lipinski definition) is 6. The molecule has 1 aromatic rings. The van der Waals surface area contributed by atoms with E-state index in [0.29, 0.717) is 36.5 Å². The van der Waals surface area contributed by atoms with Gasteiger partial charge in [-0.25, -0.2) is 4.79 Å². The second-order valence-corrected chi connectivity index (χ2v) is 7.23. The van der Waals surface area contributed by atoms with Gasteiger partial charge in [-0.3, -0.25) is 4.72 Å². The van der Waals surface area contributed by atoms with Gasteiger partial charge in [0.25, 0.3) is 10.2 Å². The van der Waals surface area contributed by atoms with Crippen LogP contribution in [0.5, 0.6) is 0 Å². The predicted octanol–water partition coefficient (Wildman–Crippen LogP) is 0.837. The average Bonchev–Trinajstić information content (AvgIpc) is 2.81. The molecule has 0 aromatic carbocycles. The van der Waals surface area contributed by atoms with Crippen molar-refractivity contribution in [2.75, 3.05) is 24.9 Å². The lowest BCUT2D eigenvalue weighted by molar-refractivity contribution is 0.0601. The van der Waals surface area contributed by atoms with E-state index >= 15 is 0 Å². The van der Waals surface area contributed by atoms with Crippen LogP contribution in [-0.4, -0.2) is 34.6 Å². The standard InChI is InChI=1S/C12H19N3O4S2/c1-3-5-14-21(17,18)15-11-10(12(16)19-2)8-4-6-13-7-9(8)20-11/h13-15H,3-7H2,1-2H3. The maximum atomic E-state index is 12.0. The number of rotatable bonds is 6. The molecule has 3 N–H and O–H groups in total. The Morgan fingerprint density at radius 3 is 2.90 bits per heavy atom. The molecule has 2 heterocycles. The van der Waals surface area contributed by atoms with E-state index in [0.717, 1.165) is 17.0 Å². The summed E-state index contributed by atoms with van der Waals surface area (Å²) < 4.78 is 33.6. The molecule has 21 heavy (non-hydrogen) atoms. The highest BCUT2D eigenvalue weighted by Crippen LogP contribution is 2.36. The van der Waals surface area contributed by atoms with E-state index < -0.39 is 16.2 Å². The number of fused-ring (bicyclic) bond motifs is 1. The van der Waals surface area contributed by atoms with Gasteiger partial charge in [0.15, 0.2) is 0 Å². The molecule has 0 saturated carbocycles. The van der Waals surface area contributed by atoms with Crippen LogP contribution in [0.3, 0.4) is 0 Å². The smallest absolute Gasteiger partial charge is 0.341 e. The Morgan fingerprint density at radius 1 is 1.48 bits per heavy atom. The van der Waals surface area contributed by atoms with Crippen molar-refractivity contribution in [1.82, 2.24) is 10.0 Å². The third kappa shape index (κ3) is 3.73. The van der Waals surface area contributed by atoms with Gasteiger partial charge in [-0.2, -0.15) is 13.1 Å². The van der Waals surface area contributed by atoms with E-state index in [1.807, 2.05) is 6.92 Å². The molecular formula is C12H19N3O4S2. The molecule has 7 nitrogen and oxygen atoms in total. The maximum absolute atomic E-state index is 12.0. The minimum atomic E-state index is -3.68. The second kappa shape index (κ2) is 6.73. The number of hydrogen-bond donors (Lipinski definition) is 3. The highest BCUT2D eigenvalue weighted by Gasteiger charge is 2.27. The summed E-state index contributed by atoms with van der Waals surface area (Å²) in [7, 11) is -2.39. The van der Waals surface area contributed by atoms with Crippen molar-refractivity contribution in [3.05, 3.63) is 16.0 Å². The molecule has 0 spiro atoms. The zero-order chi connectivity index (χ0) is 15.5. The van der Waals surface area contributed by atoms with Gasteiger partial charge in [0.2, 0.25) is 0 Å². The van der Waals surface area contributed by atoms with Crippen molar-refractivity contribution in [3.8, 4) is 0 Å². The molecule has 0 atom stereocenters. The van der Waals surface area contributed by atoms with E-state index in [1.54, 1.807) is 0 Å². The highest BCUT2D eigenvalue weighted by molar-refractivity contribution is 7.91. The third-order valence-corrected chi connectivity index (χ3v) is 5.42. The predicted molar refractivity (Wildman–Crippen MR) is 81.9 cm³/mol. The van der Waals surface area contributed by atoms with Gasteiger partial charge in [-0.1, -0.05) is 6.92 Å². The van der Waals surface area contributed by atoms with Crippen LogP contribution >= 0.6 is 11.3 Å². The molecule has 0 aliphatic carbocycles. The number of nitrogens with one attached hydrogen (secondary N) is 3. The van der Waals surface area contributed by atoms with Crippen LogP contribution in [0.25, 0.3) is 0 Å². The summed E-state index contributed by atoms with van der Waals surface area (Å²) in [6.45, 7) is 3.61. The molecule has 118 valence electrons. The van der Waals surface area contributed by atoms with Crippen molar-refractivity contribution < 1.29 is 17.9 Å². The molecule has 0 amide bonds. The third-order valence-electron chi connectivity index (χ3n) is 3.09. The largest absolute Gasteiger partial charge is 0.465 e. The maximum Gasteiger partial charge on any atom is 0.341 e. The molecule has 0 fully saturated rings. The fraction of sp³-hybridized carbons (Fsp3) is 0.583. The Hall–Kier alpha value is -1.16. The van der Waals surface area contributed by atoms with E-state index in [2.05, 4.69) is 14.8 Å². The van der Waals surface area contributed by atoms with E-state index in [4.69, 9.17) is 4.74 Å². The second-order valence-electron chi connectivity index (χ2n) is 4.63. The van der Waals surface area contributed by atoms with Crippen molar-refractivity contribution in [1.29, 1.82) is 0 Å². The molecule has 9 heteroatoms. The fourth-order valence-corrected chi connectivity index (χ4v) is 4.56. The number of ether oxygens (including phenoxy) is 1. The zero-order valence-electron chi connectivity index (χ0n) is 12.0. The Balaban J connectivity index is 2.34. The van der Waals surface area contributed by atoms with Crippen LogP contribution in [-0.2, 0) is 27.9 Å². The van der Waals surface area contributed by atoms with Crippen LogP contribution in [0.4, 0.5) is 5.00 Å². The molecule has 1 aliphatic heterocycles. The Morgan fingerprint density at radius 2 is 2.24 bits per heavy atom. The molecule has 0 saturated heterocycles. The summed E-state index contributed by atoms with van der Waals surface area (Å²) in [5, 5.41) is 3.52. The van der Waals surface area contributed by atoms with Gasteiger partial charge in [0.1, 0.15) is 5.00 Å². The monoisotopic (exact) mass is 333 g/mol. The zero-order valence-corrected chi connectivity index (χ0v) is 13.6. The average molecular weight is 333 g/mol. The minimum Gasteiger partial charge on any atom is -0.465 e. The number of carbonyl (C=O) groups is 1. The molecule has 0 radical (unpaired) electrons. The number of esters is 1. The SMILES string of the molecule is CCCNS(=O)(=O)Nc1sc2c(c1C(=O)OC)CCNC2. The number of carbonyl (C=O) groups excluding carboxylic acids is 1. The lowest BCUT2D eigenvalue weighted by Gasteiger charge is -2.13. The number of methoxy groups -OCH3 is 1. The number of anilines is 1. The van der Waals surface area contributed by atoms with E-state index in [9.17, 15) is 13.2 Å². The van der Waals surface area contributed by atoms with Crippen LogP contribution in [0, 0.1) is 0 Å². The molecular weight excluding hydrogens is 314 g/mol.